The number of H-pyrrole nitrogens is 1. The topological polar surface area (TPSA) is 86.3 Å². The van der Waals surface area contributed by atoms with E-state index in [1.54, 1.807) is 0 Å². The summed E-state index contributed by atoms with van der Waals surface area (Å²) >= 11 is 0. The van der Waals surface area contributed by atoms with E-state index in [4.69, 9.17) is 4.98 Å². The number of nitrogens with zero attached hydrogens (tertiary/aromatic N) is 2. The number of carbonyl (C=O) groups is 1. The van der Waals surface area contributed by atoms with Crippen molar-refractivity contribution < 1.29 is 23.1 Å². The lowest BCUT2D eigenvalue weighted by molar-refractivity contribution is -0.142. The molecule has 9 heteroatoms. The average molecular weight is 574 g/mol. The van der Waals surface area contributed by atoms with Crippen molar-refractivity contribution in [3.05, 3.63) is 122 Å². The molecule has 4 aromatic rings. The third-order valence-electron chi connectivity index (χ3n) is 8.37. The van der Waals surface area contributed by atoms with Crippen molar-refractivity contribution in [3.63, 3.8) is 0 Å². The van der Waals surface area contributed by atoms with Gasteiger partial charge in [0.2, 0.25) is 0 Å². The van der Waals surface area contributed by atoms with Crippen LogP contribution in [0.3, 0.4) is 0 Å². The predicted molar refractivity (Wildman–Crippen MR) is 152 cm³/mol. The molecule has 0 spiro atoms. The Morgan fingerprint density at radius 1 is 1.02 bits per heavy atom. The van der Waals surface area contributed by atoms with Gasteiger partial charge in [-0.05, 0) is 67.0 Å². The molecular weight excluding hydrogens is 543 g/mol. The second-order valence-electron chi connectivity index (χ2n) is 11.3. The fourth-order valence-corrected chi connectivity index (χ4v) is 5.77. The molecule has 3 aromatic carbocycles. The van der Waals surface area contributed by atoms with E-state index in [-0.39, 0.29) is 24.2 Å². The van der Waals surface area contributed by atoms with Gasteiger partial charge in [0, 0.05) is 6.54 Å². The van der Waals surface area contributed by atoms with Crippen LogP contribution in [0.4, 0.5) is 13.2 Å². The van der Waals surface area contributed by atoms with Crippen LogP contribution in [0.2, 0.25) is 0 Å². The van der Waals surface area contributed by atoms with Gasteiger partial charge in [0.1, 0.15) is 5.82 Å². The molecule has 0 radical (unpaired) electrons. The highest BCUT2D eigenvalue weighted by Crippen LogP contribution is 2.52. The number of aliphatic hydroxyl groups is 1. The number of aliphatic hydroxyl groups excluding tert-OH is 1. The number of aryl methyl sites for hydroxylation is 2. The molecule has 216 valence electrons. The van der Waals surface area contributed by atoms with Crippen molar-refractivity contribution in [1.29, 1.82) is 0 Å². The summed E-state index contributed by atoms with van der Waals surface area (Å²) in [5, 5.41) is 10.7. The Kier molecular flexibility index (Phi) is 7.01. The van der Waals surface area contributed by atoms with Crippen LogP contribution in [0, 0.1) is 6.92 Å². The number of benzene rings is 3. The summed E-state index contributed by atoms with van der Waals surface area (Å²) in [5.74, 6) is -0.145. The Labute approximate surface area is 240 Å². The maximum atomic E-state index is 13.4. The van der Waals surface area contributed by atoms with Gasteiger partial charge in [-0.2, -0.15) is 13.2 Å². The van der Waals surface area contributed by atoms with Gasteiger partial charge >= 0.3 is 6.18 Å². The van der Waals surface area contributed by atoms with E-state index >= 15 is 0 Å². The number of nitrogens with one attached hydrogen (secondary N) is 1. The van der Waals surface area contributed by atoms with Crippen molar-refractivity contribution in [2.75, 3.05) is 6.54 Å². The molecule has 0 unspecified atom stereocenters. The number of alkyl halides is 3. The van der Waals surface area contributed by atoms with Gasteiger partial charge in [-0.15, -0.1) is 0 Å². The highest BCUT2D eigenvalue weighted by Gasteiger charge is 2.49. The van der Waals surface area contributed by atoms with Gasteiger partial charge in [0.25, 0.3) is 11.5 Å². The van der Waals surface area contributed by atoms with Crippen LogP contribution in [-0.2, 0) is 29.4 Å². The van der Waals surface area contributed by atoms with Gasteiger partial charge in [-0.1, -0.05) is 66.2 Å². The highest BCUT2D eigenvalue weighted by atomic mass is 19.4. The average Bonchev–Trinajstić information content (AvgIpc) is 3.81. The molecule has 1 aliphatic heterocycles. The number of rotatable bonds is 5. The molecule has 1 atom stereocenters. The van der Waals surface area contributed by atoms with Crippen molar-refractivity contribution in [1.82, 2.24) is 14.9 Å². The van der Waals surface area contributed by atoms with Crippen molar-refractivity contribution in [2.24, 2.45) is 0 Å². The predicted octanol–water partition coefficient (Wildman–Crippen LogP) is 5.85. The van der Waals surface area contributed by atoms with Crippen LogP contribution in [0.5, 0.6) is 0 Å². The lowest BCUT2D eigenvalue weighted by Crippen LogP contribution is -2.36. The number of hydrogen-bond acceptors (Lipinski definition) is 4. The number of hydrogen-bond donors (Lipinski definition) is 2. The SMILES string of the molecule is Cc1ccc(-c2cccc(C3(c4nc5c(c(=O)[nH]4)CN(C(=O)[C@H](O)c4cccc(C(F)(F)F)c4)CCC5)CC3)c2)cc1. The maximum Gasteiger partial charge on any atom is 0.416 e. The molecule has 2 N–H and O–H groups in total. The lowest BCUT2D eigenvalue weighted by Gasteiger charge is -2.24. The Morgan fingerprint density at radius 2 is 1.76 bits per heavy atom. The molecule has 1 fully saturated rings. The van der Waals surface area contributed by atoms with Crippen LogP contribution >= 0.6 is 0 Å². The summed E-state index contributed by atoms with van der Waals surface area (Å²) in [6.45, 7) is 2.21. The van der Waals surface area contributed by atoms with Crippen LogP contribution in [0.25, 0.3) is 11.1 Å². The second-order valence-corrected chi connectivity index (χ2v) is 11.3. The molecule has 42 heavy (non-hydrogen) atoms. The minimum Gasteiger partial charge on any atom is -0.378 e. The minimum atomic E-state index is -4.60. The summed E-state index contributed by atoms with van der Waals surface area (Å²) in [6, 6.07) is 20.7. The standard InChI is InChI=1S/C33H30F3N3O3/c1-20-10-12-21(13-11-20)22-5-2-7-24(17-22)32(14-15-32)31-37-27-9-4-16-39(19-26(27)29(41)38-31)30(42)28(40)23-6-3-8-25(18-23)33(34,35)36/h2-3,5-8,10-13,17-18,28,40H,4,9,14-16,19H2,1H3,(H,37,38,41)/t28-/m1/s1. The summed E-state index contributed by atoms with van der Waals surface area (Å²) < 4.78 is 39.5. The molecule has 2 heterocycles. The van der Waals surface area contributed by atoms with Gasteiger partial charge in [0.15, 0.2) is 6.10 Å². The van der Waals surface area contributed by atoms with Crippen LogP contribution < -0.4 is 5.56 Å². The number of carbonyl (C=O) groups excluding carboxylic acids is 1. The molecule has 1 aromatic heterocycles. The van der Waals surface area contributed by atoms with E-state index in [0.29, 0.717) is 29.9 Å². The molecule has 0 saturated heterocycles. The number of fused-ring (bicyclic) bond motifs is 1. The quantitative estimate of drug-likeness (QED) is 0.314. The lowest BCUT2D eigenvalue weighted by atomic mass is 9.91. The Balaban J connectivity index is 1.26. The van der Waals surface area contributed by atoms with Gasteiger partial charge in [-0.3, -0.25) is 9.59 Å². The Hall–Kier alpha value is -4.24. The fraction of sp³-hybridized carbons (Fsp3) is 0.303. The smallest absolute Gasteiger partial charge is 0.378 e. The van der Waals surface area contributed by atoms with Crippen molar-refractivity contribution in [2.45, 2.75) is 56.8 Å². The first-order chi connectivity index (χ1) is 20.0. The molecular formula is C33H30F3N3O3. The first-order valence-corrected chi connectivity index (χ1v) is 14.0. The first-order valence-electron chi connectivity index (χ1n) is 14.0. The van der Waals surface area contributed by atoms with Crippen LogP contribution in [-0.4, -0.2) is 32.4 Å². The fourth-order valence-electron chi connectivity index (χ4n) is 5.77. The molecule has 1 aliphatic carbocycles. The van der Waals surface area contributed by atoms with Gasteiger partial charge in [-0.25, -0.2) is 4.98 Å². The molecule has 6 nitrogen and oxygen atoms in total. The zero-order valence-corrected chi connectivity index (χ0v) is 23.0. The number of halogens is 3. The number of amides is 1. The van der Waals surface area contributed by atoms with Crippen LogP contribution in [0.15, 0.2) is 77.6 Å². The highest BCUT2D eigenvalue weighted by molar-refractivity contribution is 5.82. The zero-order chi connectivity index (χ0) is 29.6. The third kappa shape index (κ3) is 5.25. The second kappa shape index (κ2) is 10.5. The summed E-state index contributed by atoms with van der Waals surface area (Å²) in [6.07, 6.45) is -3.72. The van der Waals surface area contributed by atoms with E-state index in [2.05, 4.69) is 47.4 Å². The van der Waals surface area contributed by atoms with Crippen molar-refractivity contribution in [3.8, 4) is 11.1 Å². The maximum absolute atomic E-state index is 13.4. The van der Waals surface area contributed by atoms with Gasteiger partial charge in [0.05, 0.1) is 28.8 Å². The summed E-state index contributed by atoms with van der Waals surface area (Å²) in [7, 11) is 0. The number of aromatic nitrogens is 2. The third-order valence-corrected chi connectivity index (χ3v) is 8.37. The number of aromatic amines is 1. The molecule has 1 saturated carbocycles. The van der Waals surface area contributed by atoms with E-state index in [1.165, 1.54) is 16.5 Å². The van der Waals surface area contributed by atoms with E-state index in [0.717, 1.165) is 47.7 Å². The minimum absolute atomic E-state index is 0.0806. The zero-order valence-electron chi connectivity index (χ0n) is 23.0. The van der Waals surface area contributed by atoms with Crippen molar-refractivity contribution >= 4 is 5.91 Å². The van der Waals surface area contributed by atoms with E-state index < -0.39 is 29.2 Å². The van der Waals surface area contributed by atoms with E-state index in [1.807, 2.05) is 13.0 Å². The van der Waals surface area contributed by atoms with E-state index in [9.17, 15) is 27.9 Å². The normalized spacial score (nSPS) is 16.8. The Bertz CT molecular complexity index is 1710. The summed E-state index contributed by atoms with van der Waals surface area (Å²) in [5.41, 5.74) is 3.58. The molecule has 2 aliphatic rings. The largest absolute Gasteiger partial charge is 0.416 e. The Morgan fingerprint density at radius 3 is 2.48 bits per heavy atom. The molecule has 6 rings (SSSR count). The monoisotopic (exact) mass is 573 g/mol. The van der Waals surface area contributed by atoms with Crippen LogP contribution in [0.1, 0.15) is 64.7 Å². The van der Waals surface area contributed by atoms with Gasteiger partial charge < -0.3 is 15.0 Å². The summed E-state index contributed by atoms with van der Waals surface area (Å²) in [4.78, 5) is 35.8. The molecule has 1 amide bonds. The first kappa shape index (κ1) is 27.9. The molecule has 0 bridgehead atoms.